The van der Waals surface area contributed by atoms with Crippen molar-refractivity contribution >= 4 is 5.82 Å². The predicted molar refractivity (Wildman–Crippen MR) is 147 cm³/mol. The second-order valence-electron chi connectivity index (χ2n) is 9.13. The Balaban J connectivity index is 0.000000356. The van der Waals surface area contributed by atoms with Gasteiger partial charge in [0.2, 0.25) is 0 Å². The van der Waals surface area contributed by atoms with E-state index in [2.05, 4.69) is 95.5 Å². The van der Waals surface area contributed by atoms with Crippen molar-refractivity contribution in [1.82, 2.24) is 9.97 Å². The molecule has 0 bridgehead atoms. The molecule has 0 spiro atoms. The molecule has 1 unspecified atom stereocenters. The number of aromatic nitrogens is 2. The molecule has 2 aliphatic carbocycles. The summed E-state index contributed by atoms with van der Waals surface area (Å²) in [4.78, 5) is 11.5. The average Bonchev–Trinajstić information content (AvgIpc) is 2.92. The van der Waals surface area contributed by atoms with E-state index in [9.17, 15) is 0 Å². The molecule has 1 aromatic carbocycles. The van der Waals surface area contributed by atoms with E-state index in [0.717, 1.165) is 37.9 Å². The molecule has 0 saturated carbocycles. The van der Waals surface area contributed by atoms with Crippen LogP contribution >= 0.6 is 0 Å². The van der Waals surface area contributed by atoms with Crippen LogP contribution in [0, 0.1) is 12.8 Å². The van der Waals surface area contributed by atoms with Crippen LogP contribution in [-0.2, 0) is 6.42 Å². The standard InChI is InChI=1S/C25H27N3.C7H8/c1-20(19-22-9-5-7-17-26-22)21-13-15-24(16-14-21)28(23-10-3-2-4-11-23)25-12-6-8-18-27-25;1-7-5-3-2-4-6-7/h2-3,5-10,12-13,15,17-18,20H,4,11,14,16,19H2,1H3;2-6H,1H3. The van der Waals surface area contributed by atoms with Crippen LogP contribution in [0.5, 0.6) is 0 Å². The molecule has 5 rings (SSSR count). The SMILES string of the molecule is CC(Cc1ccccn1)C1=CC=C(N(C2=CC=CCC2)c2ccccn2)CC1.Cc1ccccc1. The van der Waals surface area contributed by atoms with Crippen LogP contribution in [0.2, 0.25) is 0 Å². The summed E-state index contributed by atoms with van der Waals surface area (Å²) in [6, 6.07) is 22.6. The first-order valence-corrected chi connectivity index (χ1v) is 12.6. The minimum Gasteiger partial charge on any atom is -0.303 e. The molecule has 3 heteroatoms. The molecule has 1 atom stereocenters. The summed E-state index contributed by atoms with van der Waals surface area (Å²) in [6.07, 6.45) is 20.2. The van der Waals surface area contributed by atoms with Crippen LogP contribution in [-0.4, -0.2) is 9.97 Å². The molecular formula is C32H35N3. The third kappa shape index (κ3) is 7.13. The first kappa shape index (κ1) is 24.4. The van der Waals surface area contributed by atoms with E-state index in [1.165, 1.54) is 28.2 Å². The number of rotatable bonds is 6. The summed E-state index contributed by atoms with van der Waals surface area (Å²) in [5.41, 5.74) is 6.65. The van der Waals surface area contributed by atoms with Crippen LogP contribution in [0.4, 0.5) is 5.82 Å². The number of hydrogen-bond acceptors (Lipinski definition) is 3. The average molecular weight is 462 g/mol. The Morgan fingerprint density at radius 1 is 0.771 bits per heavy atom. The normalized spacial score (nSPS) is 15.7. The van der Waals surface area contributed by atoms with Crippen molar-refractivity contribution in [2.45, 2.75) is 46.0 Å². The number of nitrogens with zero attached hydrogens (tertiary/aromatic N) is 3. The largest absolute Gasteiger partial charge is 0.303 e. The minimum absolute atomic E-state index is 0.507. The molecule has 0 saturated heterocycles. The number of anilines is 1. The minimum atomic E-state index is 0.507. The Morgan fingerprint density at radius 3 is 2.09 bits per heavy atom. The molecule has 2 heterocycles. The highest BCUT2D eigenvalue weighted by atomic mass is 15.2. The van der Waals surface area contributed by atoms with Crippen LogP contribution in [0.25, 0.3) is 0 Å². The van der Waals surface area contributed by atoms with Crippen LogP contribution < -0.4 is 4.90 Å². The van der Waals surface area contributed by atoms with E-state index in [1.54, 1.807) is 0 Å². The van der Waals surface area contributed by atoms with Crippen molar-refractivity contribution in [3.05, 3.63) is 138 Å². The van der Waals surface area contributed by atoms with Crippen molar-refractivity contribution in [1.29, 1.82) is 0 Å². The first-order chi connectivity index (χ1) is 17.2. The second-order valence-corrected chi connectivity index (χ2v) is 9.13. The van der Waals surface area contributed by atoms with Gasteiger partial charge in [-0.25, -0.2) is 4.98 Å². The second kappa shape index (κ2) is 12.7. The lowest BCUT2D eigenvalue weighted by Gasteiger charge is -2.32. The van der Waals surface area contributed by atoms with E-state index < -0.39 is 0 Å². The van der Waals surface area contributed by atoms with Crippen LogP contribution in [0.15, 0.2) is 126 Å². The lowest BCUT2D eigenvalue weighted by molar-refractivity contribution is 0.621. The van der Waals surface area contributed by atoms with Crippen molar-refractivity contribution in [3.8, 4) is 0 Å². The number of aryl methyl sites for hydroxylation is 1. The Hall–Kier alpha value is -3.72. The summed E-state index contributed by atoms with van der Waals surface area (Å²) in [5.74, 6) is 1.52. The smallest absolute Gasteiger partial charge is 0.136 e. The van der Waals surface area contributed by atoms with E-state index >= 15 is 0 Å². The van der Waals surface area contributed by atoms with E-state index in [-0.39, 0.29) is 0 Å². The number of allylic oxidation sites excluding steroid dienone is 8. The molecule has 0 fully saturated rings. The third-order valence-corrected chi connectivity index (χ3v) is 6.42. The molecule has 0 amide bonds. The van der Waals surface area contributed by atoms with Crippen LogP contribution in [0.3, 0.4) is 0 Å². The highest BCUT2D eigenvalue weighted by Crippen LogP contribution is 2.33. The first-order valence-electron chi connectivity index (χ1n) is 12.6. The fourth-order valence-electron chi connectivity index (χ4n) is 4.48. The van der Waals surface area contributed by atoms with Gasteiger partial charge in [0, 0.05) is 29.5 Å². The van der Waals surface area contributed by atoms with Gasteiger partial charge in [-0.05, 0) is 81.4 Å². The molecule has 3 aromatic rings. The number of pyridine rings is 2. The zero-order chi connectivity index (χ0) is 24.3. The van der Waals surface area contributed by atoms with Gasteiger partial charge < -0.3 is 4.90 Å². The van der Waals surface area contributed by atoms with Gasteiger partial charge in [0.15, 0.2) is 0 Å². The molecule has 35 heavy (non-hydrogen) atoms. The van der Waals surface area contributed by atoms with Gasteiger partial charge in [0.25, 0.3) is 0 Å². The maximum Gasteiger partial charge on any atom is 0.136 e. The van der Waals surface area contributed by atoms with Crippen molar-refractivity contribution < 1.29 is 0 Å². The quantitative estimate of drug-likeness (QED) is 0.372. The van der Waals surface area contributed by atoms with Crippen molar-refractivity contribution in [2.24, 2.45) is 5.92 Å². The van der Waals surface area contributed by atoms with Gasteiger partial charge in [0.1, 0.15) is 5.82 Å². The molecule has 178 valence electrons. The Bertz CT molecular complexity index is 1180. The molecule has 0 aliphatic heterocycles. The summed E-state index contributed by atoms with van der Waals surface area (Å²) < 4.78 is 0. The van der Waals surface area contributed by atoms with E-state index in [0.29, 0.717) is 5.92 Å². The monoisotopic (exact) mass is 461 g/mol. The van der Waals surface area contributed by atoms with Gasteiger partial charge in [-0.2, -0.15) is 0 Å². The zero-order valence-corrected chi connectivity index (χ0v) is 20.8. The van der Waals surface area contributed by atoms with Gasteiger partial charge >= 0.3 is 0 Å². The summed E-state index contributed by atoms with van der Waals surface area (Å²) >= 11 is 0. The molecule has 3 nitrogen and oxygen atoms in total. The molecule has 2 aliphatic rings. The lowest BCUT2D eigenvalue weighted by Crippen LogP contribution is -2.25. The van der Waals surface area contributed by atoms with Crippen molar-refractivity contribution in [3.63, 3.8) is 0 Å². The van der Waals surface area contributed by atoms with Crippen LogP contribution in [0.1, 0.15) is 43.9 Å². The fourth-order valence-corrected chi connectivity index (χ4v) is 4.48. The van der Waals surface area contributed by atoms with Crippen molar-refractivity contribution in [2.75, 3.05) is 4.90 Å². The predicted octanol–water partition coefficient (Wildman–Crippen LogP) is 7.99. The van der Waals surface area contributed by atoms with Gasteiger partial charge in [-0.15, -0.1) is 0 Å². The third-order valence-electron chi connectivity index (χ3n) is 6.42. The molecule has 0 radical (unpaired) electrons. The zero-order valence-electron chi connectivity index (χ0n) is 20.8. The summed E-state index contributed by atoms with van der Waals surface area (Å²) in [7, 11) is 0. The number of hydrogen-bond donors (Lipinski definition) is 0. The fraction of sp³-hybridized carbons (Fsp3) is 0.250. The van der Waals surface area contributed by atoms with Gasteiger partial charge in [-0.3, -0.25) is 4.98 Å². The Morgan fingerprint density at radius 2 is 1.51 bits per heavy atom. The molecule has 0 N–H and O–H groups in total. The molecule has 2 aromatic heterocycles. The van der Waals surface area contributed by atoms with Gasteiger partial charge in [0.05, 0.1) is 0 Å². The lowest BCUT2D eigenvalue weighted by atomic mass is 9.88. The van der Waals surface area contributed by atoms with E-state index in [1.807, 2.05) is 42.7 Å². The van der Waals surface area contributed by atoms with E-state index in [4.69, 9.17) is 0 Å². The molecular weight excluding hydrogens is 426 g/mol. The van der Waals surface area contributed by atoms with Gasteiger partial charge in [-0.1, -0.05) is 78.8 Å². The number of benzene rings is 1. The highest BCUT2D eigenvalue weighted by Gasteiger charge is 2.21. The Labute approximate surface area is 210 Å². The maximum atomic E-state index is 4.63. The maximum absolute atomic E-state index is 4.63. The topological polar surface area (TPSA) is 29.0 Å². The summed E-state index contributed by atoms with van der Waals surface area (Å²) in [6.45, 7) is 4.39. The summed E-state index contributed by atoms with van der Waals surface area (Å²) in [5, 5.41) is 0. The highest BCUT2D eigenvalue weighted by molar-refractivity contribution is 5.55. The Kier molecular flexibility index (Phi) is 8.83.